The van der Waals surface area contributed by atoms with Crippen molar-refractivity contribution in [3.63, 3.8) is 0 Å². The third-order valence-corrected chi connectivity index (χ3v) is 4.36. The third-order valence-electron chi connectivity index (χ3n) is 4.36. The second kappa shape index (κ2) is 6.02. The monoisotopic (exact) mass is 276 g/mol. The number of hydrogen-bond acceptors (Lipinski definition) is 4. The lowest BCUT2D eigenvalue weighted by Crippen LogP contribution is -2.45. The van der Waals surface area contributed by atoms with Crippen LogP contribution < -0.4 is 14.8 Å². The first-order valence-corrected chi connectivity index (χ1v) is 7.50. The van der Waals surface area contributed by atoms with Gasteiger partial charge in [-0.2, -0.15) is 0 Å². The molecular formula is C16H24N2O2. The Morgan fingerprint density at radius 3 is 2.40 bits per heavy atom. The molecule has 1 heterocycles. The quantitative estimate of drug-likeness (QED) is 0.892. The minimum absolute atomic E-state index is 0.539. The smallest absolute Gasteiger partial charge is 0.161 e. The zero-order valence-electron chi connectivity index (χ0n) is 12.4. The highest BCUT2D eigenvalue weighted by Gasteiger charge is 2.37. The summed E-state index contributed by atoms with van der Waals surface area (Å²) in [6, 6.07) is 6.93. The molecule has 0 amide bonds. The van der Waals surface area contributed by atoms with E-state index in [1.807, 2.05) is 6.07 Å². The van der Waals surface area contributed by atoms with Crippen LogP contribution in [0.1, 0.15) is 24.4 Å². The predicted molar refractivity (Wildman–Crippen MR) is 79.5 cm³/mol. The lowest BCUT2D eigenvalue weighted by atomic mass is 9.99. The number of benzene rings is 1. The predicted octanol–water partition coefficient (Wildman–Crippen LogP) is 2.06. The van der Waals surface area contributed by atoms with E-state index in [0.717, 1.165) is 43.6 Å². The summed E-state index contributed by atoms with van der Waals surface area (Å²) in [6.45, 7) is 4.46. The van der Waals surface area contributed by atoms with Gasteiger partial charge in [0.05, 0.1) is 14.2 Å². The standard InChI is InChI=1S/C16H24N2O2/c1-19-14-6-5-13(11-15(14)20-2)16(12-3-4-12)18-9-7-17-8-10-18/h5-6,11-12,16-17H,3-4,7-10H2,1-2H3/t16-/m0/s1. The molecule has 1 aliphatic carbocycles. The lowest BCUT2D eigenvalue weighted by Gasteiger charge is -2.35. The van der Waals surface area contributed by atoms with Gasteiger partial charge in [-0.1, -0.05) is 6.07 Å². The van der Waals surface area contributed by atoms with Crippen LogP contribution in [0.2, 0.25) is 0 Å². The van der Waals surface area contributed by atoms with E-state index in [1.165, 1.54) is 18.4 Å². The van der Waals surface area contributed by atoms with E-state index in [4.69, 9.17) is 9.47 Å². The Labute approximate surface area is 121 Å². The molecule has 4 heteroatoms. The van der Waals surface area contributed by atoms with Gasteiger partial charge in [-0.05, 0) is 36.5 Å². The largest absolute Gasteiger partial charge is 0.493 e. The Balaban J connectivity index is 1.86. The molecule has 0 radical (unpaired) electrons. The third kappa shape index (κ3) is 2.76. The first-order chi connectivity index (χ1) is 9.83. The van der Waals surface area contributed by atoms with Gasteiger partial charge in [0.15, 0.2) is 11.5 Å². The van der Waals surface area contributed by atoms with Gasteiger partial charge in [0, 0.05) is 32.2 Å². The fourth-order valence-corrected chi connectivity index (χ4v) is 3.19. The highest BCUT2D eigenvalue weighted by Crippen LogP contribution is 2.46. The molecule has 1 saturated heterocycles. The number of methoxy groups -OCH3 is 2. The molecule has 0 bridgehead atoms. The summed E-state index contributed by atoms with van der Waals surface area (Å²) in [5, 5.41) is 3.43. The minimum atomic E-state index is 0.539. The van der Waals surface area contributed by atoms with E-state index >= 15 is 0 Å². The Kier molecular flexibility index (Phi) is 4.13. The SMILES string of the molecule is COc1ccc([C@H](C2CC2)N2CCNCC2)cc1OC. The van der Waals surface area contributed by atoms with Crippen molar-refractivity contribution in [1.29, 1.82) is 0 Å². The van der Waals surface area contributed by atoms with Gasteiger partial charge < -0.3 is 14.8 Å². The van der Waals surface area contributed by atoms with Crippen LogP contribution >= 0.6 is 0 Å². The van der Waals surface area contributed by atoms with Crippen LogP contribution in [0.25, 0.3) is 0 Å². The molecular weight excluding hydrogens is 252 g/mol. The molecule has 1 atom stereocenters. The summed E-state index contributed by atoms with van der Waals surface area (Å²) in [4.78, 5) is 2.62. The average molecular weight is 276 g/mol. The van der Waals surface area contributed by atoms with Gasteiger partial charge >= 0.3 is 0 Å². The van der Waals surface area contributed by atoms with Gasteiger partial charge in [0.2, 0.25) is 0 Å². The van der Waals surface area contributed by atoms with E-state index in [0.29, 0.717) is 6.04 Å². The normalized spacial score (nSPS) is 21.5. The number of hydrogen-bond donors (Lipinski definition) is 1. The van der Waals surface area contributed by atoms with Gasteiger partial charge in [0.1, 0.15) is 0 Å². The van der Waals surface area contributed by atoms with Crippen LogP contribution in [-0.4, -0.2) is 45.3 Å². The Hall–Kier alpha value is -1.26. The average Bonchev–Trinajstić information content (AvgIpc) is 3.33. The van der Waals surface area contributed by atoms with Gasteiger partial charge in [-0.15, -0.1) is 0 Å². The van der Waals surface area contributed by atoms with Gasteiger partial charge in [-0.25, -0.2) is 0 Å². The summed E-state index contributed by atoms with van der Waals surface area (Å²) in [6.07, 6.45) is 2.70. The molecule has 4 nitrogen and oxygen atoms in total. The lowest BCUT2D eigenvalue weighted by molar-refractivity contribution is 0.156. The molecule has 2 aliphatic rings. The maximum absolute atomic E-state index is 5.46. The van der Waals surface area contributed by atoms with Crippen molar-refractivity contribution in [1.82, 2.24) is 10.2 Å². The van der Waals surface area contributed by atoms with Crippen molar-refractivity contribution in [3.8, 4) is 11.5 Å². The van der Waals surface area contributed by atoms with E-state index < -0.39 is 0 Å². The van der Waals surface area contributed by atoms with E-state index in [9.17, 15) is 0 Å². The fourth-order valence-electron chi connectivity index (χ4n) is 3.19. The maximum atomic E-state index is 5.46. The van der Waals surface area contributed by atoms with Crippen LogP contribution in [0.15, 0.2) is 18.2 Å². The van der Waals surface area contributed by atoms with Gasteiger partial charge in [0.25, 0.3) is 0 Å². The summed E-state index contributed by atoms with van der Waals surface area (Å²) >= 11 is 0. The van der Waals surface area contributed by atoms with E-state index in [1.54, 1.807) is 14.2 Å². The topological polar surface area (TPSA) is 33.7 Å². The van der Waals surface area contributed by atoms with Crippen LogP contribution in [0.4, 0.5) is 0 Å². The van der Waals surface area contributed by atoms with Crippen molar-refractivity contribution < 1.29 is 9.47 Å². The highest BCUT2D eigenvalue weighted by molar-refractivity contribution is 5.44. The number of ether oxygens (including phenoxy) is 2. The molecule has 0 unspecified atom stereocenters. The number of nitrogens with zero attached hydrogens (tertiary/aromatic N) is 1. The van der Waals surface area contributed by atoms with Crippen molar-refractivity contribution in [3.05, 3.63) is 23.8 Å². The van der Waals surface area contributed by atoms with Crippen LogP contribution in [0.3, 0.4) is 0 Å². The Morgan fingerprint density at radius 1 is 1.10 bits per heavy atom. The molecule has 1 aliphatic heterocycles. The Bertz CT molecular complexity index is 454. The number of nitrogens with one attached hydrogen (secondary N) is 1. The first-order valence-electron chi connectivity index (χ1n) is 7.50. The summed E-state index contributed by atoms with van der Waals surface area (Å²) < 4.78 is 10.8. The molecule has 1 N–H and O–H groups in total. The zero-order chi connectivity index (χ0) is 13.9. The summed E-state index contributed by atoms with van der Waals surface area (Å²) in [7, 11) is 3.39. The van der Waals surface area contributed by atoms with Crippen molar-refractivity contribution in [2.75, 3.05) is 40.4 Å². The van der Waals surface area contributed by atoms with Crippen LogP contribution in [0.5, 0.6) is 11.5 Å². The second-order valence-corrected chi connectivity index (χ2v) is 5.68. The molecule has 110 valence electrons. The summed E-state index contributed by atoms with van der Waals surface area (Å²) in [5.41, 5.74) is 1.37. The molecule has 1 aromatic carbocycles. The van der Waals surface area contributed by atoms with E-state index in [-0.39, 0.29) is 0 Å². The minimum Gasteiger partial charge on any atom is -0.493 e. The molecule has 2 fully saturated rings. The molecule has 0 spiro atoms. The zero-order valence-corrected chi connectivity index (χ0v) is 12.4. The van der Waals surface area contributed by atoms with Crippen molar-refractivity contribution in [2.24, 2.45) is 5.92 Å². The molecule has 1 saturated carbocycles. The highest BCUT2D eigenvalue weighted by atomic mass is 16.5. The first kappa shape index (κ1) is 13.7. The second-order valence-electron chi connectivity index (χ2n) is 5.68. The molecule has 1 aromatic rings. The van der Waals surface area contributed by atoms with Crippen LogP contribution in [0, 0.1) is 5.92 Å². The fraction of sp³-hybridized carbons (Fsp3) is 0.625. The maximum Gasteiger partial charge on any atom is 0.161 e. The van der Waals surface area contributed by atoms with Gasteiger partial charge in [-0.3, -0.25) is 4.90 Å². The van der Waals surface area contributed by atoms with Crippen molar-refractivity contribution >= 4 is 0 Å². The Morgan fingerprint density at radius 2 is 1.80 bits per heavy atom. The molecule has 20 heavy (non-hydrogen) atoms. The number of rotatable bonds is 5. The van der Waals surface area contributed by atoms with Crippen molar-refractivity contribution in [2.45, 2.75) is 18.9 Å². The summed E-state index contributed by atoms with van der Waals surface area (Å²) in [5.74, 6) is 2.46. The molecule has 3 rings (SSSR count). The number of piperazine rings is 1. The van der Waals surface area contributed by atoms with E-state index in [2.05, 4.69) is 22.3 Å². The van der Waals surface area contributed by atoms with Crippen LogP contribution in [-0.2, 0) is 0 Å². The molecule has 0 aromatic heterocycles.